The molecule has 116 valence electrons. The molecular weight excluding hydrogens is 296 g/mol. The number of anilines is 1. The van der Waals surface area contributed by atoms with E-state index in [1.807, 2.05) is 11.8 Å². The molecule has 1 aliphatic heterocycles. The lowest BCUT2D eigenvalue weighted by molar-refractivity contribution is -0.384. The fourth-order valence-corrected chi connectivity index (χ4v) is 3.23. The number of nitro groups is 1. The molecule has 0 amide bonds. The van der Waals surface area contributed by atoms with Crippen LogP contribution in [0.3, 0.4) is 0 Å². The van der Waals surface area contributed by atoms with E-state index in [0.717, 1.165) is 12.5 Å². The number of rotatable bonds is 4. The minimum absolute atomic E-state index is 0.0320. The van der Waals surface area contributed by atoms with Crippen LogP contribution in [0.4, 0.5) is 11.4 Å². The zero-order chi connectivity index (χ0) is 15.8. The van der Waals surface area contributed by atoms with Crippen molar-refractivity contribution in [2.75, 3.05) is 18.5 Å². The summed E-state index contributed by atoms with van der Waals surface area (Å²) in [6.07, 6.45) is 0.745. The quantitative estimate of drug-likeness (QED) is 0.614. The number of nitrogens with zero attached hydrogens (tertiary/aromatic N) is 2. The molecule has 2 rings (SSSR count). The van der Waals surface area contributed by atoms with Crippen molar-refractivity contribution in [1.82, 2.24) is 4.72 Å². The third kappa shape index (κ3) is 2.85. The number of nitro benzene ring substituents is 1. The van der Waals surface area contributed by atoms with Crippen molar-refractivity contribution in [3.05, 3.63) is 28.3 Å². The van der Waals surface area contributed by atoms with Crippen LogP contribution in [0.25, 0.3) is 0 Å². The average molecular weight is 314 g/mol. The second kappa shape index (κ2) is 5.58. The Balaban J connectivity index is 2.51. The van der Waals surface area contributed by atoms with Crippen LogP contribution in [-0.4, -0.2) is 39.0 Å². The summed E-state index contributed by atoms with van der Waals surface area (Å²) in [4.78, 5) is 12.4. The summed E-state index contributed by atoms with van der Waals surface area (Å²) in [5.74, 6) is 0. The molecule has 1 aromatic carbocycles. The molecule has 1 aliphatic rings. The van der Waals surface area contributed by atoms with Crippen LogP contribution in [0.15, 0.2) is 23.1 Å². The highest BCUT2D eigenvalue weighted by Gasteiger charge is 2.32. The van der Waals surface area contributed by atoms with Gasteiger partial charge < -0.3 is 10.6 Å². The summed E-state index contributed by atoms with van der Waals surface area (Å²) in [5.41, 5.74) is 6.10. The first-order valence-electron chi connectivity index (χ1n) is 6.52. The van der Waals surface area contributed by atoms with Crippen molar-refractivity contribution < 1.29 is 13.3 Å². The van der Waals surface area contributed by atoms with Gasteiger partial charge >= 0.3 is 0 Å². The van der Waals surface area contributed by atoms with Crippen LogP contribution in [-0.2, 0) is 10.0 Å². The largest absolute Gasteiger partial charge is 0.362 e. The number of hydrogen-bond acceptors (Lipinski definition) is 6. The molecule has 9 heteroatoms. The van der Waals surface area contributed by atoms with Crippen LogP contribution in [0, 0.1) is 10.1 Å². The Bertz CT molecular complexity index is 661. The highest BCUT2D eigenvalue weighted by atomic mass is 32.2. The highest BCUT2D eigenvalue weighted by Crippen LogP contribution is 2.34. The Morgan fingerprint density at radius 3 is 2.62 bits per heavy atom. The van der Waals surface area contributed by atoms with Gasteiger partial charge in [0.2, 0.25) is 10.0 Å². The van der Waals surface area contributed by atoms with Gasteiger partial charge in [-0.15, -0.1) is 0 Å². The maximum atomic E-state index is 11.8. The van der Waals surface area contributed by atoms with Gasteiger partial charge in [0.05, 0.1) is 9.82 Å². The second-order valence-corrected chi connectivity index (χ2v) is 6.89. The molecule has 0 saturated carbocycles. The molecule has 0 bridgehead atoms. The smallest absolute Gasteiger partial charge is 0.293 e. The SMILES string of the molecule is CNS(=O)(=O)c1ccc(N2CCC(N)C2C)c([N+](=O)[O-])c1. The van der Waals surface area contributed by atoms with E-state index in [9.17, 15) is 18.5 Å². The molecule has 3 N–H and O–H groups in total. The normalized spacial score (nSPS) is 22.5. The first-order chi connectivity index (χ1) is 9.77. The number of benzene rings is 1. The van der Waals surface area contributed by atoms with Crippen molar-refractivity contribution in [1.29, 1.82) is 0 Å². The number of sulfonamides is 1. The van der Waals surface area contributed by atoms with Gasteiger partial charge in [0.25, 0.3) is 5.69 Å². The molecule has 2 unspecified atom stereocenters. The van der Waals surface area contributed by atoms with Crippen LogP contribution in [0.5, 0.6) is 0 Å². The molecule has 0 aliphatic carbocycles. The molecule has 0 radical (unpaired) electrons. The fourth-order valence-electron chi connectivity index (χ4n) is 2.48. The number of hydrogen-bond donors (Lipinski definition) is 2. The fraction of sp³-hybridized carbons (Fsp3) is 0.500. The van der Waals surface area contributed by atoms with Crippen LogP contribution >= 0.6 is 0 Å². The molecule has 2 atom stereocenters. The summed E-state index contributed by atoms with van der Waals surface area (Å²) in [6, 6.07) is 3.83. The van der Waals surface area contributed by atoms with Crippen LogP contribution in [0.2, 0.25) is 0 Å². The molecule has 8 nitrogen and oxygen atoms in total. The summed E-state index contributed by atoms with van der Waals surface area (Å²) in [5, 5.41) is 11.3. The minimum Gasteiger partial charge on any atom is -0.362 e. The summed E-state index contributed by atoms with van der Waals surface area (Å²) >= 11 is 0. The zero-order valence-corrected chi connectivity index (χ0v) is 12.6. The second-order valence-electron chi connectivity index (χ2n) is 5.00. The van der Waals surface area contributed by atoms with E-state index < -0.39 is 14.9 Å². The van der Waals surface area contributed by atoms with Gasteiger partial charge in [-0.2, -0.15) is 0 Å². The van der Waals surface area contributed by atoms with E-state index in [-0.39, 0.29) is 22.7 Å². The predicted molar refractivity (Wildman–Crippen MR) is 78.7 cm³/mol. The van der Waals surface area contributed by atoms with Crippen LogP contribution in [0.1, 0.15) is 13.3 Å². The van der Waals surface area contributed by atoms with E-state index in [4.69, 9.17) is 5.73 Å². The topological polar surface area (TPSA) is 119 Å². The van der Waals surface area contributed by atoms with Gasteiger partial charge in [-0.1, -0.05) is 0 Å². The Morgan fingerprint density at radius 1 is 1.48 bits per heavy atom. The van der Waals surface area contributed by atoms with Crippen molar-refractivity contribution >= 4 is 21.4 Å². The zero-order valence-electron chi connectivity index (χ0n) is 11.8. The first kappa shape index (κ1) is 15.7. The Hall–Kier alpha value is -1.71. The van der Waals surface area contributed by atoms with Crippen LogP contribution < -0.4 is 15.4 Å². The molecular formula is C12H18N4O4S. The lowest BCUT2D eigenvalue weighted by Gasteiger charge is -2.25. The molecule has 21 heavy (non-hydrogen) atoms. The van der Waals surface area contributed by atoms with E-state index >= 15 is 0 Å². The third-order valence-electron chi connectivity index (χ3n) is 3.85. The maximum Gasteiger partial charge on any atom is 0.293 e. The molecule has 0 spiro atoms. The van der Waals surface area contributed by atoms with Gasteiger partial charge in [-0.3, -0.25) is 10.1 Å². The van der Waals surface area contributed by atoms with Gasteiger partial charge in [-0.05, 0) is 32.5 Å². The Labute approximate surface area is 123 Å². The van der Waals surface area contributed by atoms with Gasteiger partial charge in [0, 0.05) is 24.7 Å². The standard InChI is InChI=1S/C12H18N4O4S/c1-8-10(13)5-6-15(8)11-4-3-9(21(19,20)14-2)7-12(11)16(17)18/h3-4,7-8,10,14H,5-6,13H2,1-2H3. The third-order valence-corrected chi connectivity index (χ3v) is 5.26. The van der Waals surface area contributed by atoms with E-state index in [2.05, 4.69) is 4.72 Å². The molecule has 0 aromatic heterocycles. The lowest BCUT2D eigenvalue weighted by Crippen LogP contribution is -2.37. The molecule has 1 heterocycles. The summed E-state index contributed by atoms with van der Waals surface area (Å²) in [6.45, 7) is 2.51. The number of nitrogens with two attached hydrogens (primary N) is 1. The predicted octanol–water partition coefficient (Wildman–Crippen LogP) is 0.429. The molecule has 1 aromatic rings. The first-order valence-corrected chi connectivity index (χ1v) is 8.00. The Morgan fingerprint density at radius 2 is 2.14 bits per heavy atom. The van der Waals surface area contributed by atoms with E-state index in [1.165, 1.54) is 19.2 Å². The van der Waals surface area contributed by atoms with Crippen molar-refractivity contribution in [3.63, 3.8) is 0 Å². The molecule has 1 fully saturated rings. The molecule has 1 saturated heterocycles. The van der Waals surface area contributed by atoms with Gasteiger partial charge in [0.15, 0.2) is 0 Å². The van der Waals surface area contributed by atoms with E-state index in [1.54, 1.807) is 0 Å². The minimum atomic E-state index is -3.72. The lowest BCUT2D eigenvalue weighted by atomic mass is 10.1. The van der Waals surface area contributed by atoms with Gasteiger partial charge in [0.1, 0.15) is 5.69 Å². The summed E-state index contributed by atoms with van der Waals surface area (Å²) in [7, 11) is -2.46. The monoisotopic (exact) mass is 314 g/mol. The van der Waals surface area contributed by atoms with Crippen molar-refractivity contribution in [3.8, 4) is 0 Å². The highest BCUT2D eigenvalue weighted by molar-refractivity contribution is 7.89. The summed E-state index contributed by atoms with van der Waals surface area (Å²) < 4.78 is 25.7. The van der Waals surface area contributed by atoms with E-state index in [0.29, 0.717) is 12.2 Å². The van der Waals surface area contributed by atoms with Gasteiger partial charge in [-0.25, -0.2) is 13.1 Å². The maximum absolute atomic E-state index is 11.8. The van der Waals surface area contributed by atoms with Crippen molar-refractivity contribution in [2.24, 2.45) is 5.73 Å². The Kier molecular flexibility index (Phi) is 4.17. The average Bonchev–Trinajstić information content (AvgIpc) is 2.78. The number of nitrogens with one attached hydrogen (secondary N) is 1. The van der Waals surface area contributed by atoms with Crippen molar-refractivity contribution in [2.45, 2.75) is 30.3 Å².